The van der Waals surface area contributed by atoms with Crippen molar-refractivity contribution in [1.82, 2.24) is 0 Å². The molecule has 1 atom stereocenters. The standard InChI is InChI=1S/C39H32N2S2/c1-41-35-19-17-32(29-10-6-3-7-11-29)25-37(35)43-39(41)23-27-13-15-30-14-12-26(20-33(30)21-27)22-38-40-34-18-16-31(24-36(34)42-38)28-8-4-2-5-9-28/h2-11,16-25,30H,12-15H2,1H3/p+1/b26-22+,39-23-. The number of thiazole rings is 1. The van der Waals surface area contributed by atoms with Crippen LogP contribution in [0.4, 0.5) is 5.69 Å². The smallest absolute Gasteiger partial charge is 0.261 e. The Labute approximate surface area is 261 Å². The molecule has 0 amide bonds. The van der Waals surface area contributed by atoms with E-state index in [1.165, 1.54) is 82.7 Å². The third-order valence-electron chi connectivity index (χ3n) is 8.90. The SMILES string of the molecule is CN1/C(=C/C2=CC3=C/C(=C/c4[nH+]c5ccc(-c6ccccc6)cc5s4)CCC3CC2)Sc2cc(-c3ccccc3)ccc21. The third kappa shape index (κ3) is 5.30. The maximum absolute atomic E-state index is 3.66. The molecule has 0 saturated heterocycles. The van der Waals surface area contributed by atoms with Gasteiger partial charge in [0.15, 0.2) is 0 Å². The van der Waals surface area contributed by atoms with Gasteiger partial charge >= 0.3 is 0 Å². The lowest BCUT2D eigenvalue weighted by Crippen LogP contribution is -2.14. The number of H-pyrrole nitrogens is 1. The molecule has 0 bridgehead atoms. The Kier molecular flexibility index (Phi) is 6.89. The predicted octanol–water partition coefficient (Wildman–Crippen LogP) is 10.6. The molecule has 0 fully saturated rings. The van der Waals surface area contributed by atoms with Crippen molar-refractivity contribution < 1.29 is 4.98 Å². The molecule has 2 aliphatic carbocycles. The van der Waals surface area contributed by atoms with Crippen molar-refractivity contribution in [2.75, 3.05) is 11.9 Å². The van der Waals surface area contributed by atoms with Gasteiger partial charge in [-0.1, -0.05) is 102 Å². The van der Waals surface area contributed by atoms with E-state index in [9.17, 15) is 0 Å². The molecule has 1 unspecified atom stereocenters. The number of hydrogen-bond donors (Lipinski definition) is 0. The first-order valence-electron chi connectivity index (χ1n) is 15.1. The summed E-state index contributed by atoms with van der Waals surface area (Å²) in [5.74, 6) is 0.679. The fourth-order valence-corrected chi connectivity index (χ4v) is 8.73. The van der Waals surface area contributed by atoms with Gasteiger partial charge in [0.25, 0.3) is 5.01 Å². The number of nitrogens with one attached hydrogen (secondary N) is 1. The third-order valence-corrected chi connectivity index (χ3v) is 11.0. The summed E-state index contributed by atoms with van der Waals surface area (Å²) in [6, 6.07) is 34.9. The molecule has 2 nitrogen and oxygen atoms in total. The average Bonchev–Trinajstić information content (AvgIpc) is 3.60. The van der Waals surface area contributed by atoms with Crippen LogP contribution in [-0.2, 0) is 0 Å². The summed E-state index contributed by atoms with van der Waals surface area (Å²) in [6.07, 6.45) is 14.5. The molecule has 1 aliphatic heterocycles. The predicted molar refractivity (Wildman–Crippen MR) is 184 cm³/mol. The Bertz CT molecular complexity index is 1960. The number of nitrogens with zero attached hydrogens (tertiary/aromatic N) is 1. The minimum Gasteiger partial charge on any atom is -0.338 e. The largest absolute Gasteiger partial charge is 0.338 e. The molecule has 4 aromatic carbocycles. The molecular formula is C39H33N2S2+. The van der Waals surface area contributed by atoms with Crippen molar-refractivity contribution >= 4 is 45.1 Å². The molecular weight excluding hydrogens is 561 g/mol. The zero-order valence-corrected chi connectivity index (χ0v) is 25.8. The van der Waals surface area contributed by atoms with Crippen molar-refractivity contribution in [2.45, 2.75) is 30.6 Å². The maximum Gasteiger partial charge on any atom is 0.261 e. The van der Waals surface area contributed by atoms with Crippen LogP contribution in [0.2, 0.25) is 0 Å². The van der Waals surface area contributed by atoms with Crippen LogP contribution < -0.4 is 9.88 Å². The maximum atomic E-state index is 3.66. The molecule has 1 aromatic heterocycles. The fourth-order valence-electron chi connectivity index (χ4n) is 6.54. The first-order valence-corrected chi connectivity index (χ1v) is 16.8. The molecule has 43 heavy (non-hydrogen) atoms. The van der Waals surface area contributed by atoms with Crippen LogP contribution in [0.1, 0.15) is 30.7 Å². The molecule has 8 rings (SSSR count). The van der Waals surface area contributed by atoms with E-state index in [0.717, 1.165) is 12.8 Å². The van der Waals surface area contributed by atoms with Gasteiger partial charge < -0.3 is 4.90 Å². The summed E-state index contributed by atoms with van der Waals surface area (Å²) in [4.78, 5) is 7.34. The second kappa shape index (κ2) is 11.2. The van der Waals surface area contributed by atoms with Gasteiger partial charge in [0.1, 0.15) is 4.70 Å². The van der Waals surface area contributed by atoms with Crippen LogP contribution in [0.3, 0.4) is 0 Å². The van der Waals surface area contributed by atoms with E-state index in [1.807, 2.05) is 23.1 Å². The van der Waals surface area contributed by atoms with Crippen molar-refractivity contribution in [3.63, 3.8) is 0 Å². The van der Waals surface area contributed by atoms with Crippen LogP contribution in [0.5, 0.6) is 0 Å². The normalized spacial score (nSPS) is 19.8. The lowest BCUT2D eigenvalue weighted by Gasteiger charge is -2.28. The zero-order valence-electron chi connectivity index (χ0n) is 24.2. The Balaban J connectivity index is 1.04. The molecule has 0 spiro atoms. The first-order chi connectivity index (χ1) is 21.2. The number of fused-ring (bicyclic) bond motifs is 3. The number of aromatic amines is 1. The van der Waals surface area contributed by atoms with E-state index in [0.29, 0.717) is 5.92 Å². The number of thioether (sulfide) groups is 1. The molecule has 4 heteroatoms. The van der Waals surface area contributed by atoms with Gasteiger partial charge in [0.05, 0.1) is 10.7 Å². The van der Waals surface area contributed by atoms with E-state index in [-0.39, 0.29) is 0 Å². The van der Waals surface area contributed by atoms with E-state index in [2.05, 4.69) is 138 Å². The highest BCUT2D eigenvalue weighted by atomic mass is 32.2. The van der Waals surface area contributed by atoms with Gasteiger partial charge in [-0.15, -0.1) is 0 Å². The lowest BCUT2D eigenvalue weighted by atomic mass is 9.77. The molecule has 3 aliphatic rings. The number of allylic oxidation sites excluding steroid dienone is 6. The van der Waals surface area contributed by atoms with Gasteiger partial charge in [-0.05, 0) is 101 Å². The first kappa shape index (κ1) is 26.5. The van der Waals surface area contributed by atoms with Crippen LogP contribution in [-0.4, -0.2) is 7.05 Å². The van der Waals surface area contributed by atoms with Crippen LogP contribution in [0.25, 0.3) is 38.5 Å². The van der Waals surface area contributed by atoms with Crippen molar-refractivity contribution in [3.05, 3.63) is 142 Å². The summed E-state index contributed by atoms with van der Waals surface area (Å²) in [7, 11) is 2.20. The van der Waals surface area contributed by atoms with Crippen molar-refractivity contribution in [2.24, 2.45) is 5.92 Å². The lowest BCUT2D eigenvalue weighted by molar-refractivity contribution is -0.341. The van der Waals surface area contributed by atoms with Crippen molar-refractivity contribution in [3.8, 4) is 22.3 Å². The Morgan fingerprint density at radius 1 is 0.744 bits per heavy atom. The van der Waals surface area contributed by atoms with Gasteiger partial charge in [-0.2, -0.15) is 4.98 Å². The second-order valence-corrected chi connectivity index (χ2v) is 13.9. The number of hydrogen-bond acceptors (Lipinski definition) is 3. The van der Waals surface area contributed by atoms with Gasteiger partial charge in [0, 0.05) is 24.1 Å². The topological polar surface area (TPSA) is 17.4 Å². The summed E-state index contributed by atoms with van der Waals surface area (Å²) < 4.78 is 1.30. The highest BCUT2D eigenvalue weighted by molar-refractivity contribution is 8.03. The quantitative estimate of drug-likeness (QED) is 0.206. The average molecular weight is 594 g/mol. The van der Waals surface area contributed by atoms with Crippen LogP contribution in [0, 0.1) is 5.92 Å². The summed E-state index contributed by atoms with van der Waals surface area (Å²) in [5, 5.41) is 2.54. The van der Waals surface area contributed by atoms with Crippen LogP contribution in [0.15, 0.2) is 142 Å². The molecule has 0 saturated carbocycles. The zero-order chi connectivity index (χ0) is 28.8. The fraction of sp³-hybridized carbons (Fsp3) is 0.154. The monoisotopic (exact) mass is 593 g/mol. The summed E-state index contributed by atoms with van der Waals surface area (Å²) in [6.45, 7) is 0. The number of aromatic nitrogens is 1. The van der Waals surface area contributed by atoms with E-state index < -0.39 is 0 Å². The van der Waals surface area contributed by atoms with E-state index in [1.54, 1.807) is 0 Å². The molecule has 5 aromatic rings. The number of rotatable bonds is 4. The number of benzene rings is 4. The summed E-state index contributed by atoms with van der Waals surface area (Å²) in [5.41, 5.74) is 11.9. The van der Waals surface area contributed by atoms with E-state index >= 15 is 0 Å². The van der Waals surface area contributed by atoms with E-state index in [4.69, 9.17) is 0 Å². The minimum atomic E-state index is 0.679. The van der Waals surface area contributed by atoms with Crippen molar-refractivity contribution in [1.29, 1.82) is 0 Å². The summed E-state index contributed by atoms with van der Waals surface area (Å²) >= 11 is 3.74. The Hall–Kier alpha value is -4.12. The van der Waals surface area contributed by atoms with Gasteiger partial charge in [-0.25, -0.2) is 0 Å². The highest BCUT2D eigenvalue weighted by Crippen LogP contribution is 2.48. The Morgan fingerprint density at radius 2 is 1.47 bits per heavy atom. The number of anilines is 1. The Morgan fingerprint density at radius 3 is 2.26 bits per heavy atom. The van der Waals surface area contributed by atoms with Gasteiger partial charge in [0.2, 0.25) is 5.52 Å². The van der Waals surface area contributed by atoms with Gasteiger partial charge in [-0.3, -0.25) is 0 Å². The van der Waals surface area contributed by atoms with Crippen LogP contribution >= 0.6 is 23.1 Å². The molecule has 1 N–H and O–H groups in total. The second-order valence-electron chi connectivity index (χ2n) is 11.7. The molecule has 210 valence electrons. The highest BCUT2D eigenvalue weighted by Gasteiger charge is 2.26. The minimum absolute atomic E-state index is 0.679. The molecule has 0 radical (unpaired) electrons. The molecule has 2 heterocycles.